The van der Waals surface area contributed by atoms with Crippen LogP contribution in [-0.2, 0) is 9.59 Å². The Hall–Kier alpha value is -2.08. The Bertz CT molecular complexity index is 602. The molecular weight excluding hydrogens is 316 g/mol. The Labute approximate surface area is 150 Å². The van der Waals surface area contributed by atoms with Gasteiger partial charge in [0, 0.05) is 43.6 Å². The molecule has 0 bridgehead atoms. The Morgan fingerprint density at radius 1 is 1.00 bits per heavy atom. The van der Waals surface area contributed by atoms with Gasteiger partial charge < -0.3 is 20.4 Å². The molecular formula is C19H30N4O2. The van der Waals surface area contributed by atoms with E-state index in [1.165, 1.54) is 0 Å². The molecule has 6 heteroatoms. The van der Waals surface area contributed by atoms with E-state index in [0.29, 0.717) is 5.69 Å². The number of carbonyl (C=O) groups excluding carboxylic acids is 2. The minimum atomic E-state index is -1.12. The molecule has 138 valence electrons. The molecule has 6 nitrogen and oxygen atoms in total. The van der Waals surface area contributed by atoms with Crippen LogP contribution in [0.4, 0.5) is 11.4 Å². The van der Waals surface area contributed by atoms with Gasteiger partial charge in [-0.25, -0.2) is 0 Å². The summed E-state index contributed by atoms with van der Waals surface area (Å²) in [5.74, 6) is -0.577. The van der Waals surface area contributed by atoms with Gasteiger partial charge in [0.15, 0.2) is 0 Å². The Kier molecular flexibility index (Phi) is 6.06. The monoisotopic (exact) mass is 346 g/mol. The average Bonchev–Trinajstić information content (AvgIpc) is 2.55. The number of amides is 2. The predicted molar refractivity (Wildman–Crippen MR) is 102 cm³/mol. The molecule has 1 aromatic rings. The van der Waals surface area contributed by atoms with Crippen molar-refractivity contribution >= 4 is 23.2 Å². The summed E-state index contributed by atoms with van der Waals surface area (Å²) in [6.07, 6.45) is 0. The van der Waals surface area contributed by atoms with Gasteiger partial charge in [-0.2, -0.15) is 0 Å². The molecule has 0 saturated carbocycles. The highest BCUT2D eigenvalue weighted by Gasteiger charge is 2.36. The van der Waals surface area contributed by atoms with Crippen molar-refractivity contribution in [2.24, 2.45) is 5.41 Å². The smallest absolute Gasteiger partial charge is 0.239 e. The summed E-state index contributed by atoms with van der Waals surface area (Å²) in [5.41, 5.74) is 0.733. The van der Waals surface area contributed by atoms with E-state index in [2.05, 4.69) is 27.5 Å². The predicted octanol–water partition coefficient (Wildman–Crippen LogP) is 1.93. The van der Waals surface area contributed by atoms with Crippen LogP contribution in [0.5, 0.6) is 0 Å². The van der Waals surface area contributed by atoms with E-state index in [1.807, 2.05) is 38.1 Å². The second-order valence-electron chi connectivity index (χ2n) is 7.54. The van der Waals surface area contributed by atoms with Crippen molar-refractivity contribution in [2.75, 3.05) is 43.4 Å². The number of carbonyl (C=O) groups is 2. The topological polar surface area (TPSA) is 64.7 Å². The van der Waals surface area contributed by atoms with Crippen molar-refractivity contribution in [3.05, 3.63) is 24.3 Å². The summed E-state index contributed by atoms with van der Waals surface area (Å²) in [7, 11) is 2.13. The van der Waals surface area contributed by atoms with E-state index in [9.17, 15) is 9.59 Å². The number of rotatable bonds is 5. The molecule has 25 heavy (non-hydrogen) atoms. The van der Waals surface area contributed by atoms with Crippen molar-refractivity contribution in [1.29, 1.82) is 0 Å². The van der Waals surface area contributed by atoms with Gasteiger partial charge in [0.1, 0.15) is 5.41 Å². The highest BCUT2D eigenvalue weighted by atomic mass is 16.2. The number of hydrogen-bond donors (Lipinski definition) is 2. The zero-order valence-corrected chi connectivity index (χ0v) is 15.9. The van der Waals surface area contributed by atoms with Crippen LogP contribution in [0.3, 0.4) is 0 Å². The molecule has 0 radical (unpaired) electrons. The number of piperazine rings is 1. The van der Waals surface area contributed by atoms with Gasteiger partial charge >= 0.3 is 0 Å². The van der Waals surface area contributed by atoms with Crippen LogP contribution in [0.2, 0.25) is 0 Å². The molecule has 1 heterocycles. The Morgan fingerprint density at radius 2 is 1.56 bits per heavy atom. The van der Waals surface area contributed by atoms with Gasteiger partial charge in [-0.3, -0.25) is 9.59 Å². The standard InChI is InChI=1S/C19H30N4O2/c1-14(2)20-17(24)19(3,4)18(25)21-15-6-8-16(9-7-15)23-12-10-22(5)11-13-23/h6-9,14H,10-13H2,1-5H3,(H,20,24)(H,21,25). The molecule has 0 atom stereocenters. The number of likely N-dealkylation sites (N-methyl/N-ethyl adjacent to an activating group) is 1. The molecule has 2 amide bonds. The summed E-state index contributed by atoms with van der Waals surface area (Å²) in [6, 6.07) is 7.82. The molecule has 0 aliphatic carbocycles. The van der Waals surface area contributed by atoms with Gasteiger partial charge in [0.2, 0.25) is 11.8 Å². The van der Waals surface area contributed by atoms with E-state index in [0.717, 1.165) is 31.9 Å². The van der Waals surface area contributed by atoms with Crippen LogP contribution in [-0.4, -0.2) is 56.0 Å². The molecule has 2 rings (SSSR count). The second kappa shape index (κ2) is 7.87. The van der Waals surface area contributed by atoms with Crippen molar-refractivity contribution < 1.29 is 9.59 Å². The highest BCUT2D eigenvalue weighted by molar-refractivity contribution is 6.09. The maximum absolute atomic E-state index is 12.5. The van der Waals surface area contributed by atoms with Crippen LogP contribution in [0.25, 0.3) is 0 Å². The van der Waals surface area contributed by atoms with E-state index >= 15 is 0 Å². The molecule has 1 aliphatic rings. The number of hydrogen-bond acceptors (Lipinski definition) is 4. The minimum Gasteiger partial charge on any atom is -0.369 e. The molecule has 0 spiro atoms. The maximum atomic E-state index is 12.5. The third-order valence-corrected chi connectivity index (χ3v) is 4.55. The number of anilines is 2. The molecule has 0 unspecified atom stereocenters. The van der Waals surface area contributed by atoms with E-state index in [1.54, 1.807) is 13.8 Å². The summed E-state index contributed by atoms with van der Waals surface area (Å²) < 4.78 is 0. The number of nitrogens with zero attached hydrogens (tertiary/aromatic N) is 2. The summed E-state index contributed by atoms with van der Waals surface area (Å²) in [6.45, 7) is 11.1. The fourth-order valence-electron chi connectivity index (χ4n) is 2.65. The lowest BCUT2D eigenvalue weighted by molar-refractivity contribution is -0.138. The molecule has 1 fully saturated rings. The van der Waals surface area contributed by atoms with Crippen LogP contribution in [0.15, 0.2) is 24.3 Å². The largest absolute Gasteiger partial charge is 0.369 e. The van der Waals surface area contributed by atoms with Gasteiger partial charge in [-0.15, -0.1) is 0 Å². The Balaban J connectivity index is 1.98. The minimum absolute atomic E-state index is 0.00227. The zero-order valence-electron chi connectivity index (χ0n) is 15.9. The lowest BCUT2D eigenvalue weighted by atomic mass is 9.90. The second-order valence-corrected chi connectivity index (χ2v) is 7.54. The molecule has 0 aromatic heterocycles. The lowest BCUT2D eigenvalue weighted by Gasteiger charge is -2.34. The van der Waals surface area contributed by atoms with Crippen LogP contribution >= 0.6 is 0 Å². The summed E-state index contributed by atoms with van der Waals surface area (Å²) in [5, 5.41) is 5.64. The first-order valence-electron chi connectivity index (χ1n) is 8.86. The van der Waals surface area contributed by atoms with Crippen molar-refractivity contribution in [3.63, 3.8) is 0 Å². The van der Waals surface area contributed by atoms with Crippen molar-refractivity contribution in [3.8, 4) is 0 Å². The fraction of sp³-hybridized carbons (Fsp3) is 0.579. The molecule has 1 aromatic carbocycles. The SMILES string of the molecule is CC(C)NC(=O)C(C)(C)C(=O)Nc1ccc(N2CCN(C)CC2)cc1. The van der Waals surface area contributed by atoms with Crippen LogP contribution in [0.1, 0.15) is 27.7 Å². The lowest BCUT2D eigenvalue weighted by Crippen LogP contribution is -2.47. The van der Waals surface area contributed by atoms with Gasteiger partial charge in [0.05, 0.1) is 0 Å². The van der Waals surface area contributed by atoms with Crippen LogP contribution in [0, 0.1) is 5.41 Å². The third-order valence-electron chi connectivity index (χ3n) is 4.55. The van der Waals surface area contributed by atoms with Gasteiger partial charge in [-0.05, 0) is 59.0 Å². The van der Waals surface area contributed by atoms with Crippen LogP contribution < -0.4 is 15.5 Å². The molecule has 2 N–H and O–H groups in total. The first-order chi connectivity index (χ1) is 11.7. The van der Waals surface area contributed by atoms with Crippen molar-refractivity contribution in [1.82, 2.24) is 10.2 Å². The summed E-state index contributed by atoms with van der Waals surface area (Å²) >= 11 is 0. The van der Waals surface area contributed by atoms with Gasteiger partial charge in [0.25, 0.3) is 0 Å². The van der Waals surface area contributed by atoms with Gasteiger partial charge in [-0.1, -0.05) is 0 Å². The van der Waals surface area contributed by atoms with Crippen molar-refractivity contribution in [2.45, 2.75) is 33.7 Å². The molecule has 1 saturated heterocycles. The third kappa shape index (κ3) is 4.95. The number of benzene rings is 1. The quantitative estimate of drug-likeness (QED) is 0.800. The fourth-order valence-corrected chi connectivity index (χ4v) is 2.65. The Morgan fingerprint density at radius 3 is 2.08 bits per heavy atom. The van der Waals surface area contributed by atoms with E-state index < -0.39 is 5.41 Å². The normalized spacial score (nSPS) is 16.0. The van der Waals surface area contributed by atoms with E-state index in [4.69, 9.17) is 0 Å². The first kappa shape index (κ1) is 19.2. The average molecular weight is 346 g/mol. The number of nitrogens with one attached hydrogen (secondary N) is 2. The maximum Gasteiger partial charge on any atom is 0.239 e. The first-order valence-corrected chi connectivity index (χ1v) is 8.86. The highest BCUT2D eigenvalue weighted by Crippen LogP contribution is 2.22. The summed E-state index contributed by atoms with van der Waals surface area (Å²) in [4.78, 5) is 29.4. The zero-order chi connectivity index (χ0) is 18.6. The molecule has 1 aliphatic heterocycles. The van der Waals surface area contributed by atoms with E-state index in [-0.39, 0.29) is 17.9 Å².